The van der Waals surface area contributed by atoms with Gasteiger partial charge in [-0.15, -0.1) is 0 Å². The molecular formula is C22H19ClFN3O3S. The van der Waals surface area contributed by atoms with Crippen molar-refractivity contribution in [3.8, 4) is 0 Å². The zero-order valence-electron chi connectivity index (χ0n) is 16.5. The van der Waals surface area contributed by atoms with E-state index in [1.54, 1.807) is 42.5 Å². The Labute approximate surface area is 184 Å². The molecule has 3 aromatic carbocycles. The maximum absolute atomic E-state index is 13.3. The van der Waals surface area contributed by atoms with Crippen LogP contribution in [0.4, 0.5) is 26.2 Å². The van der Waals surface area contributed by atoms with Crippen molar-refractivity contribution in [1.82, 2.24) is 0 Å². The van der Waals surface area contributed by atoms with Gasteiger partial charge in [-0.2, -0.15) is 0 Å². The van der Waals surface area contributed by atoms with Gasteiger partial charge in [0.2, 0.25) is 0 Å². The summed E-state index contributed by atoms with van der Waals surface area (Å²) >= 11 is 5.73. The van der Waals surface area contributed by atoms with Crippen molar-refractivity contribution in [2.45, 2.75) is 18.2 Å². The average molecular weight is 460 g/mol. The minimum atomic E-state index is -3.72. The molecule has 0 fully saturated rings. The van der Waals surface area contributed by atoms with Gasteiger partial charge in [0.05, 0.1) is 15.6 Å². The highest BCUT2D eigenvalue weighted by Crippen LogP contribution is 2.35. The first-order valence-electron chi connectivity index (χ1n) is 9.49. The van der Waals surface area contributed by atoms with Crippen LogP contribution in [0.5, 0.6) is 0 Å². The largest absolute Gasteiger partial charge is 0.323 e. The van der Waals surface area contributed by atoms with Gasteiger partial charge < -0.3 is 10.6 Å². The SMILES string of the molecule is Cc1ccc(S(=O)(=O)N2CCc3ccc(NC(=O)Nc4ccc(F)c(Cl)c4)cc32)cc1. The molecule has 0 radical (unpaired) electrons. The molecule has 160 valence electrons. The lowest BCUT2D eigenvalue weighted by Gasteiger charge is -2.20. The molecule has 1 heterocycles. The number of rotatable bonds is 4. The summed E-state index contributed by atoms with van der Waals surface area (Å²) in [6.07, 6.45) is 0.584. The van der Waals surface area contributed by atoms with E-state index in [0.717, 1.165) is 17.2 Å². The first-order chi connectivity index (χ1) is 14.7. The summed E-state index contributed by atoms with van der Waals surface area (Å²) in [6.45, 7) is 2.22. The fraction of sp³-hybridized carbons (Fsp3) is 0.136. The molecular weight excluding hydrogens is 441 g/mol. The number of carbonyl (C=O) groups is 1. The maximum atomic E-state index is 13.3. The molecule has 31 heavy (non-hydrogen) atoms. The van der Waals surface area contributed by atoms with Crippen LogP contribution in [-0.4, -0.2) is 21.0 Å². The van der Waals surface area contributed by atoms with E-state index >= 15 is 0 Å². The summed E-state index contributed by atoms with van der Waals surface area (Å²) < 4.78 is 40.9. The second-order valence-corrected chi connectivity index (χ2v) is 9.46. The van der Waals surface area contributed by atoms with E-state index in [1.165, 1.54) is 16.4 Å². The Morgan fingerprint density at radius 2 is 1.65 bits per heavy atom. The predicted octanol–water partition coefficient (Wildman–Crippen LogP) is 5.18. The van der Waals surface area contributed by atoms with E-state index in [2.05, 4.69) is 10.6 Å². The Hall–Kier alpha value is -3.10. The van der Waals surface area contributed by atoms with E-state index in [9.17, 15) is 17.6 Å². The van der Waals surface area contributed by atoms with Gasteiger partial charge in [0.15, 0.2) is 0 Å². The van der Waals surface area contributed by atoms with Crippen molar-refractivity contribution in [3.63, 3.8) is 0 Å². The molecule has 0 saturated heterocycles. The summed E-state index contributed by atoms with van der Waals surface area (Å²) in [7, 11) is -3.72. The molecule has 0 aromatic heterocycles. The van der Waals surface area contributed by atoms with Crippen LogP contribution in [0.25, 0.3) is 0 Å². The van der Waals surface area contributed by atoms with E-state index in [0.29, 0.717) is 30.0 Å². The van der Waals surface area contributed by atoms with Crippen molar-refractivity contribution < 1.29 is 17.6 Å². The average Bonchev–Trinajstić information content (AvgIpc) is 3.15. The zero-order chi connectivity index (χ0) is 22.2. The third-order valence-corrected chi connectivity index (χ3v) is 7.10. The Morgan fingerprint density at radius 3 is 2.32 bits per heavy atom. The van der Waals surface area contributed by atoms with Gasteiger partial charge in [-0.25, -0.2) is 17.6 Å². The Bertz CT molecular complexity index is 1260. The summed E-state index contributed by atoms with van der Waals surface area (Å²) in [5.41, 5.74) is 3.14. The van der Waals surface area contributed by atoms with E-state index in [4.69, 9.17) is 11.6 Å². The van der Waals surface area contributed by atoms with E-state index in [-0.39, 0.29) is 9.92 Å². The molecule has 0 spiro atoms. The third kappa shape index (κ3) is 4.35. The van der Waals surface area contributed by atoms with Gasteiger partial charge in [-0.1, -0.05) is 35.4 Å². The number of benzene rings is 3. The van der Waals surface area contributed by atoms with Crippen LogP contribution >= 0.6 is 11.6 Å². The molecule has 6 nitrogen and oxygen atoms in total. The molecule has 2 N–H and O–H groups in total. The lowest BCUT2D eigenvalue weighted by Crippen LogP contribution is -2.29. The third-order valence-electron chi connectivity index (χ3n) is 4.98. The molecule has 9 heteroatoms. The highest BCUT2D eigenvalue weighted by atomic mass is 35.5. The van der Waals surface area contributed by atoms with Crippen molar-refractivity contribution >= 4 is 44.7 Å². The number of amides is 2. The smallest absolute Gasteiger partial charge is 0.308 e. The number of sulfonamides is 1. The van der Waals surface area contributed by atoms with Gasteiger partial charge in [0.25, 0.3) is 10.0 Å². The van der Waals surface area contributed by atoms with Gasteiger partial charge in [0.1, 0.15) is 5.82 Å². The summed E-state index contributed by atoms with van der Waals surface area (Å²) in [5, 5.41) is 5.13. The van der Waals surface area contributed by atoms with Crippen LogP contribution in [0.1, 0.15) is 11.1 Å². The molecule has 1 aliphatic rings. The monoisotopic (exact) mass is 459 g/mol. The van der Waals surface area contributed by atoms with Gasteiger partial charge in [0, 0.05) is 17.9 Å². The van der Waals surface area contributed by atoms with Crippen molar-refractivity contribution in [2.24, 2.45) is 0 Å². The minimum absolute atomic E-state index is 0.104. The number of aryl methyl sites for hydroxylation is 1. The minimum Gasteiger partial charge on any atom is -0.308 e. The number of halogens is 2. The summed E-state index contributed by atoms with van der Waals surface area (Å²) in [4.78, 5) is 12.5. The number of nitrogens with zero attached hydrogens (tertiary/aromatic N) is 1. The lowest BCUT2D eigenvalue weighted by atomic mass is 10.1. The number of anilines is 3. The summed E-state index contributed by atoms with van der Waals surface area (Å²) in [5.74, 6) is -0.582. The number of carbonyl (C=O) groups excluding carboxylic acids is 1. The van der Waals surface area contributed by atoms with Crippen LogP contribution in [0, 0.1) is 12.7 Å². The molecule has 4 rings (SSSR count). The van der Waals surface area contributed by atoms with Crippen LogP contribution in [0.15, 0.2) is 65.6 Å². The molecule has 0 atom stereocenters. The van der Waals surface area contributed by atoms with Crippen molar-refractivity contribution in [1.29, 1.82) is 0 Å². The molecule has 0 bridgehead atoms. The van der Waals surface area contributed by atoms with Crippen LogP contribution in [0.2, 0.25) is 5.02 Å². The fourth-order valence-electron chi connectivity index (χ4n) is 3.38. The van der Waals surface area contributed by atoms with Crippen LogP contribution in [0.3, 0.4) is 0 Å². The standard InChI is InChI=1S/C22H19ClFN3O3S/c1-14-2-7-18(8-3-14)31(29,30)27-11-10-15-4-5-17(13-21(15)27)26-22(28)25-16-6-9-20(24)19(23)12-16/h2-9,12-13H,10-11H2,1H3,(H2,25,26,28). The highest BCUT2D eigenvalue weighted by Gasteiger charge is 2.31. The first-order valence-corrected chi connectivity index (χ1v) is 11.3. The van der Waals surface area contributed by atoms with E-state index < -0.39 is 21.9 Å². The molecule has 3 aromatic rings. The molecule has 0 aliphatic carbocycles. The normalized spacial score (nSPS) is 13.1. The number of hydrogen-bond donors (Lipinski definition) is 2. The molecule has 1 aliphatic heterocycles. The lowest BCUT2D eigenvalue weighted by molar-refractivity contribution is 0.262. The Morgan fingerprint density at radius 1 is 1.00 bits per heavy atom. The topological polar surface area (TPSA) is 78.5 Å². The van der Waals surface area contributed by atoms with Gasteiger partial charge in [-0.3, -0.25) is 4.31 Å². The number of nitrogens with one attached hydrogen (secondary N) is 2. The first kappa shape index (κ1) is 21.1. The second-order valence-electron chi connectivity index (χ2n) is 7.19. The van der Waals surface area contributed by atoms with Crippen LogP contribution in [-0.2, 0) is 16.4 Å². The van der Waals surface area contributed by atoms with Crippen molar-refractivity contribution in [2.75, 3.05) is 21.5 Å². The van der Waals surface area contributed by atoms with E-state index in [1.807, 2.05) is 6.92 Å². The summed E-state index contributed by atoms with van der Waals surface area (Å²) in [6, 6.07) is 15.1. The van der Waals surface area contributed by atoms with Gasteiger partial charge in [-0.05, 0) is 61.4 Å². The Balaban J connectivity index is 1.54. The zero-order valence-corrected chi connectivity index (χ0v) is 18.1. The Kier molecular flexibility index (Phi) is 5.60. The number of urea groups is 1. The maximum Gasteiger partial charge on any atom is 0.323 e. The molecule has 2 amide bonds. The van der Waals surface area contributed by atoms with Gasteiger partial charge >= 0.3 is 6.03 Å². The number of fused-ring (bicyclic) bond motifs is 1. The van der Waals surface area contributed by atoms with Crippen molar-refractivity contribution in [3.05, 3.63) is 82.6 Å². The molecule has 0 unspecified atom stereocenters. The van der Waals surface area contributed by atoms with Crippen LogP contribution < -0.4 is 14.9 Å². The highest BCUT2D eigenvalue weighted by molar-refractivity contribution is 7.92. The quantitative estimate of drug-likeness (QED) is 0.564. The number of hydrogen-bond acceptors (Lipinski definition) is 3. The molecule has 0 saturated carbocycles. The second kappa shape index (κ2) is 8.20. The fourth-order valence-corrected chi connectivity index (χ4v) is 5.06. The predicted molar refractivity (Wildman–Crippen MR) is 120 cm³/mol.